The summed E-state index contributed by atoms with van der Waals surface area (Å²) >= 11 is 1.34. The zero-order valence-corrected chi connectivity index (χ0v) is 15.2. The third-order valence-corrected chi connectivity index (χ3v) is 4.46. The van der Waals surface area contributed by atoms with Gasteiger partial charge in [0.2, 0.25) is 5.76 Å². The Bertz CT molecular complexity index is 1060. The van der Waals surface area contributed by atoms with Crippen LogP contribution in [0.15, 0.2) is 70.6 Å². The zero-order valence-electron chi connectivity index (χ0n) is 14.4. The molecule has 134 valence electrons. The van der Waals surface area contributed by atoms with Crippen LogP contribution in [0.1, 0.15) is 16.2 Å². The number of amides is 1. The number of hydrogen-bond acceptors (Lipinski definition) is 6. The summed E-state index contributed by atoms with van der Waals surface area (Å²) in [5, 5.41) is 8.80. The fourth-order valence-electron chi connectivity index (χ4n) is 2.41. The van der Waals surface area contributed by atoms with Gasteiger partial charge in [-0.15, -0.1) is 11.3 Å². The van der Waals surface area contributed by atoms with Crippen molar-refractivity contribution in [2.45, 2.75) is 6.92 Å². The lowest BCUT2D eigenvalue weighted by molar-refractivity contribution is 0.0988. The number of benzene rings is 2. The molecule has 2 aromatic heterocycles. The minimum Gasteiger partial charge on any atom is -0.457 e. The van der Waals surface area contributed by atoms with Gasteiger partial charge in [0.25, 0.3) is 5.91 Å². The third-order valence-electron chi connectivity index (χ3n) is 3.71. The Morgan fingerprint density at radius 3 is 2.52 bits per heavy atom. The molecule has 0 saturated heterocycles. The monoisotopic (exact) mass is 377 g/mol. The van der Waals surface area contributed by atoms with Crippen molar-refractivity contribution in [3.63, 3.8) is 0 Å². The Hall–Kier alpha value is -3.45. The molecule has 0 radical (unpaired) electrons. The molecule has 27 heavy (non-hydrogen) atoms. The molecule has 0 spiro atoms. The van der Waals surface area contributed by atoms with Crippen LogP contribution in [0.5, 0.6) is 11.5 Å². The lowest BCUT2D eigenvalue weighted by Crippen LogP contribution is -2.10. The Labute approximate surface area is 159 Å². The van der Waals surface area contributed by atoms with E-state index in [9.17, 15) is 4.79 Å². The summed E-state index contributed by atoms with van der Waals surface area (Å²) in [4.78, 5) is 16.5. The predicted octanol–water partition coefficient (Wildman–Crippen LogP) is 5.15. The summed E-state index contributed by atoms with van der Waals surface area (Å²) < 4.78 is 10.7. The lowest BCUT2D eigenvalue weighted by Gasteiger charge is -2.05. The number of rotatable bonds is 5. The van der Waals surface area contributed by atoms with E-state index >= 15 is 0 Å². The normalized spacial score (nSPS) is 10.6. The predicted molar refractivity (Wildman–Crippen MR) is 103 cm³/mol. The summed E-state index contributed by atoms with van der Waals surface area (Å²) in [5.74, 6) is 1.32. The minimum atomic E-state index is -0.372. The van der Waals surface area contributed by atoms with Crippen molar-refractivity contribution < 1.29 is 14.1 Å². The summed E-state index contributed by atoms with van der Waals surface area (Å²) in [6.45, 7) is 1.76. The van der Waals surface area contributed by atoms with Crippen LogP contribution >= 0.6 is 11.3 Å². The van der Waals surface area contributed by atoms with Crippen LogP contribution in [0, 0.1) is 6.92 Å². The third kappa shape index (κ3) is 4.04. The SMILES string of the molecule is Cc1cc(C(=O)Nc2nc(-c3ccc(Oc4ccccc4)cc3)cs2)on1. The number of nitrogens with zero attached hydrogens (tertiary/aromatic N) is 2. The number of thiazole rings is 1. The van der Waals surface area contributed by atoms with Gasteiger partial charge < -0.3 is 9.26 Å². The van der Waals surface area contributed by atoms with Gasteiger partial charge in [0.1, 0.15) is 11.5 Å². The number of anilines is 1. The van der Waals surface area contributed by atoms with Crippen molar-refractivity contribution >= 4 is 22.4 Å². The molecule has 0 aliphatic carbocycles. The highest BCUT2D eigenvalue weighted by Gasteiger charge is 2.14. The Morgan fingerprint density at radius 2 is 1.81 bits per heavy atom. The average molecular weight is 377 g/mol. The number of carbonyl (C=O) groups is 1. The van der Waals surface area contributed by atoms with Gasteiger partial charge in [-0.2, -0.15) is 0 Å². The summed E-state index contributed by atoms with van der Waals surface area (Å²) in [6.07, 6.45) is 0. The first-order valence-electron chi connectivity index (χ1n) is 8.21. The van der Waals surface area contributed by atoms with Gasteiger partial charge in [0, 0.05) is 17.0 Å². The number of carbonyl (C=O) groups excluding carboxylic acids is 1. The molecular formula is C20H15N3O3S. The number of nitrogens with one attached hydrogen (secondary N) is 1. The van der Waals surface area contributed by atoms with E-state index in [1.165, 1.54) is 11.3 Å². The number of aryl methyl sites for hydroxylation is 1. The number of para-hydroxylation sites is 1. The quantitative estimate of drug-likeness (QED) is 0.520. The molecule has 0 atom stereocenters. The molecule has 0 aliphatic heterocycles. The van der Waals surface area contributed by atoms with Gasteiger partial charge in [0.05, 0.1) is 11.4 Å². The molecule has 0 bridgehead atoms. The van der Waals surface area contributed by atoms with Crippen LogP contribution in [0.25, 0.3) is 11.3 Å². The number of hydrogen-bond donors (Lipinski definition) is 1. The molecule has 2 aromatic carbocycles. The van der Waals surface area contributed by atoms with Crippen molar-refractivity contribution in [2.24, 2.45) is 0 Å². The Balaban J connectivity index is 1.44. The standard InChI is InChI=1S/C20H15N3O3S/c1-13-11-18(26-23-13)19(24)22-20-21-17(12-27-20)14-7-9-16(10-8-14)25-15-5-3-2-4-6-15/h2-12H,1H3,(H,21,22,24). The van der Waals surface area contributed by atoms with E-state index in [1.54, 1.807) is 13.0 Å². The van der Waals surface area contributed by atoms with Crippen LogP contribution < -0.4 is 10.1 Å². The first-order valence-corrected chi connectivity index (χ1v) is 9.09. The molecule has 4 aromatic rings. The summed E-state index contributed by atoms with van der Waals surface area (Å²) in [6, 6.07) is 18.8. The Kier molecular flexibility index (Phi) is 4.67. The van der Waals surface area contributed by atoms with Crippen molar-refractivity contribution in [1.82, 2.24) is 10.1 Å². The maximum Gasteiger partial charge on any atom is 0.296 e. The average Bonchev–Trinajstić information content (AvgIpc) is 3.32. The Morgan fingerprint density at radius 1 is 1.07 bits per heavy atom. The second-order valence-electron chi connectivity index (χ2n) is 5.76. The van der Waals surface area contributed by atoms with Crippen molar-refractivity contribution in [1.29, 1.82) is 0 Å². The van der Waals surface area contributed by atoms with Gasteiger partial charge in [-0.25, -0.2) is 4.98 Å². The largest absolute Gasteiger partial charge is 0.457 e. The molecule has 1 N–H and O–H groups in total. The maximum atomic E-state index is 12.1. The van der Waals surface area contributed by atoms with Crippen molar-refractivity contribution in [3.8, 4) is 22.8 Å². The van der Waals surface area contributed by atoms with Gasteiger partial charge >= 0.3 is 0 Å². The van der Waals surface area contributed by atoms with Crippen molar-refractivity contribution in [3.05, 3.63) is 77.5 Å². The molecule has 0 fully saturated rings. The molecular weight excluding hydrogens is 362 g/mol. The van der Waals surface area contributed by atoms with E-state index in [1.807, 2.05) is 60.0 Å². The van der Waals surface area contributed by atoms with E-state index in [4.69, 9.17) is 9.26 Å². The summed E-state index contributed by atoms with van der Waals surface area (Å²) in [7, 11) is 0. The number of aromatic nitrogens is 2. The first-order chi connectivity index (χ1) is 13.2. The van der Waals surface area contributed by atoms with Gasteiger partial charge in [-0.3, -0.25) is 10.1 Å². The fourth-order valence-corrected chi connectivity index (χ4v) is 3.13. The fraction of sp³-hybridized carbons (Fsp3) is 0.0500. The molecule has 2 heterocycles. The molecule has 6 nitrogen and oxygen atoms in total. The highest BCUT2D eigenvalue weighted by molar-refractivity contribution is 7.14. The van der Waals surface area contributed by atoms with E-state index < -0.39 is 0 Å². The second-order valence-corrected chi connectivity index (χ2v) is 6.62. The van der Waals surface area contributed by atoms with Crippen LogP contribution in [0.4, 0.5) is 5.13 Å². The molecule has 1 amide bonds. The van der Waals surface area contributed by atoms with E-state index in [-0.39, 0.29) is 11.7 Å². The molecule has 7 heteroatoms. The van der Waals surface area contributed by atoms with Gasteiger partial charge in [-0.1, -0.05) is 23.4 Å². The van der Waals surface area contributed by atoms with Gasteiger partial charge in [0.15, 0.2) is 5.13 Å². The van der Waals surface area contributed by atoms with Crippen LogP contribution in [0.3, 0.4) is 0 Å². The zero-order chi connectivity index (χ0) is 18.6. The smallest absolute Gasteiger partial charge is 0.296 e. The lowest BCUT2D eigenvalue weighted by atomic mass is 10.2. The van der Waals surface area contributed by atoms with Crippen molar-refractivity contribution in [2.75, 3.05) is 5.32 Å². The highest BCUT2D eigenvalue weighted by Crippen LogP contribution is 2.28. The van der Waals surface area contributed by atoms with Crippen LogP contribution in [-0.2, 0) is 0 Å². The maximum absolute atomic E-state index is 12.1. The number of ether oxygens (including phenoxy) is 1. The first kappa shape index (κ1) is 17.0. The molecule has 0 aliphatic rings. The minimum absolute atomic E-state index is 0.159. The van der Waals surface area contributed by atoms with E-state index in [0.29, 0.717) is 10.8 Å². The molecule has 4 rings (SSSR count). The molecule has 0 unspecified atom stereocenters. The molecule has 0 saturated carbocycles. The van der Waals surface area contributed by atoms with Crippen LogP contribution in [0.2, 0.25) is 0 Å². The highest BCUT2D eigenvalue weighted by atomic mass is 32.1. The van der Waals surface area contributed by atoms with Crippen LogP contribution in [-0.4, -0.2) is 16.0 Å². The topological polar surface area (TPSA) is 77.2 Å². The van der Waals surface area contributed by atoms with E-state index in [0.717, 1.165) is 22.8 Å². The van der Waals surface area contributed by atoms with E-state index in [2.05, 4.69) is 15.5 Å². The van der Waals surface area contributed by atoms with Gasteiger partial charge in [-0.05, 0) is 43.3 Å². The second kappa shape index (κ2) is 7.43. The summed E-state index contributed by atoms with van der Waals surface area (Å²) in [5.41, 5.74) is 2.36.